The van der Waals surface area contributed by atoms with Crippen molar-refractivity contribution in [1.82, 2.24) is 14.5 Å². The Bertz CT molecular complexity index is 1300. The second kappa shape index (κ2) is 8.15. The summed E-state index contributed by atoms with van der Waals surface area (Å²) in [6.07, 6.45) is 0. The molecule has 2 heterocycles. The molecule has 2 aromatic carbocycles. The lowest BCUT2D eigenvalue weighted by atomic mass is 10.2. The third-order valence-electron chi connectivity index (χ3n) is 4.15. The molecule has 0 radical (unpaired) electrons. The molecule has 2 aromatic heterocycles. The molecule has 0 unspecified atom stereocenters. The molecule has 0 saturated heterocycles. The van der Waals surface area contributed by atoms with Crippen molar-refractivity contribution in [2.24, 2.45) is 0 Å². The lowest BCUT2D eigenvalue weighted by molar-refractivity contribution is -0.113. The van der Waals surface area contributed by atoms with Crippen LogP contribution >= 0.6 is 11.8 Å². The van der Waals surface area contributed by atoms with Crippen molar-refractivity contribution in [3.63, 3.8) is 0 Å². The van der Waals surface area contributed by atoms with Crippen LogP contribution in [0, 0.1) is 0 Å². The number of H-pyrrole nitrogens is 1. The van der Waals surface area contributed by atoms with Crippen LogP contribution in [0.4, 0.5) is 5.82 Å². The van der Waals surface area contributed by atoms with Gasteiger partial charge in [-0.2, -0.15) is 0 Å². The highest BCUT2D eigenvalue weighted by atomic mass is 32.2. The normalized spacial score (nSPS) is 10.8. The van der Waals surface area contributed by atoms with E-state index in [1.807, 2.05) is 42.5 Å². The van der Waals surface area contributed by atoms with E-state index in [9.17, 15) is 14.4 Å². The van der Waals surface area contributed by atoms with E-state index in [-0.39, 0.29) is 17.5 Å². The van der Waals surface area contributed by atoms with E-state index in [1.165, 1.54) is 22.4 Å². The van der Waals surface area contributed by atoms with Gasteiger partial charge in [0.05, 0.1) is 22.0 Å². The number of pyridine rings is 1. The zero-order valence-electron chi connectivity index (χ0n) is 15.2. The molecule has 4 aromatic rings. The minimum Gasteiger partial charge on any atom is -0.311 e. The summed E-state index contributed by atoms with van der Waals surface area (Å²) in [6.45, 7) is 0. The second-order valence-electron chi connectivity index (χ2n) is 6.17. The summed E-state index contributed by atoms with van der Waals surface area (Å²) in [5, 5.41) is 4.39. The summed E-state index contributed by atoms with van der Waals surface area (Å²) < 4.78 is 1.25. The molecule has 7 nitrogen and oxygen atoms in total. The monoisotopic (exact) mass is 404 g/mol. The van der Waals surface area contributed by atoms with E-state index in [4.69, 9.17) is 0 Å². The van der Waals surface area contributed by atoms with Gasteiger partial charge in [-0.25, -0.2) is 14.3 Å². The Morgan fingerprint density at radius 2 is 1.76 bits per heavy atom. The Kier molecular flexibility index (Phi) is 5.26. The van der Waals surface area contributed by atoms with Crippen LogP contribution in [0.15, 0.2) is 87.4 Å². The van der Waals surface area contributed by atoms with Crippen molar-refractivity contribution in [3.05, 3.63) is 93.6 Å². The van der Waals surface area contributed by atoms with Crippen molar-refractivity contribution in [3.8, 4) is 5.69 Å². The fourth-order valence-electron chi connectivity index (χ4n) is 2.87. The third-order valence-corrected chi connectivity index (χ3v) is 5.08. The van der Waals surface area contributed by atoms with E-state index in [0.29, 0.717) is 10.7 Å². The van der Waals surface area contributed by atoms with Crippen molar-refractivity contribution < 1.29 is 4.79 Å². The molecule has 4 rings (SSSR count). The van der Waals surface area contributed by atoms with Crippen LogP contribution in [0.1, 0.15) is 0 Å². The molecule has 0 bridgehead atoms. The number of hydrogen-bond donors (Lipinski definition) is 2. The van der Waals surface area contributed by atoms with E-state index in [2.05, 4.69) is 15.3 Å². The SMILES string of the molecule is O=C(CSc1ccc2ccccc2n1)Nc1cc(=O)[nH]c(=O)n1-c1ccccc1. The van der Waals surface area contributed by atoms with Gasteiger partial charge in [-0.15, -0.1) is 0 Å². The van der Waals surface area contributed by atoms with Crippen LogP contribution in [-0.2, 0) is 4.79 Å². The Labute approximate surface area is 169 Å². The topological polar surface area (TPSA) is 96.8 Å². The summed E-state index contributed by atoms with van der Waals surface area (Å²) in [5.41, 5.74) is 0.183. The van der Waals surface area contributed by atoms with Gasteiger partial charge in [0.25, 0.3) is 5.56 Å². The highest BCUT2D eigenvalue weighted by molar-refractivity contribution is 7.99. The molecular weight excluding hydrogens is 388 g/mol. The zero-order valence-corrected chi connectivity index (χ0v) is 16.0. The molecule has 144 valence electrons. The van der Waals surface area contributed by atoms with Crippen LogP contribution in [0.25, 0.3) is 16.6 Å². The van der Waals surface area contributed by atoms with Gasteiger partial charge in [-0.3, -0.25) is 14.6 Å². The first-order chi connectivity index (χ1) is 14.1. The van der Waals surface area contributed by atoms with E-state index in [0.717, 1.165) is 10.9 Å². The zero-order chi connectivity index (χ0) is 20.2. The van der Waals surface area contributed by atoms with Crippen LogP contribution in [0.2, 0.25) is 0 Å². The van der Waals surface area contributed by atoms with Gasteiger partial charge < -0.3 is 5.32 Å². The number of hydrogen-bond acceptors (Lipinski definition) is 5. The number of aromatic nitrogens is 3. The summed E-state index contributed by atoms with van der Waals surface area (Å²) in [7, 11) is 0. The quantitative estimate of drug-likeness (QED) is 0.499. The van der Waals surface area contributed by atoms with Crippen LogP contribution in [0.3, 0.4) is 0 Å². The molecular formula is C21H16N4O3S. The average molecular weight is 404 g/mol. The molecule has 2 N–H and O–H groups in total. The Morgan fingerprint density at radius 1 is 1.00 bits per heavy atom. The van der Waals surface area contributed by atoms with Crippen molar-refractivity contribution in [2.75, 3.05) is 11.1 Å². The van der Waals surface area contributed by atoms with Crippen LogP contribution < -0.4 is 16.6 Å². The number of thioether (sulfide) groups is 1. The molecule has 29 heavy (non-hydrogen) atoms. The van der Waals surface area contributed by atoms with E-state index >= 15 is 0 Å². The smallest absolute Gasteiger partial charge is 0.311 e. The fourth-order valence-corrected chi connectivity index (χ4v) is 3.55. The molecule has 0 aliphatic rings. The van der Waals surface area contributed by atoms with Crippen LogP contribution in [-0.4, -0.2) is 26.2 Å². The number of fused-ring (bicyclic) bond motifs is 1. The van der Waals surface area contributed by atoms with Gasteiger partial charge in [0, 0.05) is 11.5 Å². The van der Waals surface area contributed by atoms with E-state index < -0.39 is 11.2 Å². The largest absolute Gasteiger partial charge is 0.334 e. The fraction of sp³-hybridized carbons (Fsp3) is 0.0476. The first-order valence-corrected chi connectivity index (χ1v) is 9.79. The van der Waals surface area contributed by atoms with Crippen LogP contribution in [0.5, 0.6) is 0 Å². The minimum atomic E-state index is -0.622. The molecule has 0 spiro atoms. The molecule has 0 aliphatic carbocycles. The number of carbonyl (C=O) groups excluding carboxylic acids is 1. The number of amides is 1. The van der Waals surface area contributed by atoms with Gasteiger partial charge >= 0.3 is 5.69 Å². The van der Waals surface area contributed by atoms with Crippen molar-refractivity contribution >= 4 is 34.4 Å². The number of benzene rings is 2. The van der Waals surface area contributed by atoms with Gasteiger partial charge in [0.15, 0.2) is 0 Å². The van der Waals surface area contributed by atoms with E-state index in [1.54, 1.807) is 24.3 Å². The van der Waals surface area contributed by atoms with Crippen molar-refractivity contribution in [2.45, 2.75) is 5.03 Å². The van der Waals surface area contributed by atoms with Gasteiger partial charge in [0.1, 0.15) is 5.82 Å². The Hall–Kier alpha value is -3.65. The number of nitrogens with one attached hydrogen (secondary N) is 2. The molecule has 0 aliphatic heterocycles. The summed E-state index contributed by atoms with van der Waals surface area (Å²) in [5.74, 6) is -0.150. The summed E-state index contributed by atoms with van der Waals surface area (Å²) >= 11 is 1.28. The second-order valence-corrected chi connectivity index (χ2v) is 7.17. The van der Waals surface area contributed by atoms with Gasteiger partial charge in [0.2, 0.25) is 5.91 Å². The average Bonchev–Trinajstić information content (AvgIpc) is 2.72. The maximum absolute atomic E-state index is 12.5. The lowest BCUT2D eigenvalue weighted by Crippen LogP contribution is -2.32. The number of anilines is 1. The first kappa shape index (κ1) is 18.7. The van der Waals surface area contributed by atoms with Gasteiger partial charge in [-0.1, -0.05) is 54.2 Å². The van der Waals surface area contributed by atoms with Gasteiger partial charge in [-0.05, 0) is 24.3 Å². The molecule has 0 atom stereocenters. The maximum atomic E-state index is 12.5. The number of carbonyl (C=O) groups is 1. The molecule has 8 heteroatoms. The summed E-state index contributed by atoms with van der Waals surface area (Å²) in [4.78, 5) is 43.2. The summed E-state index contributed by atoms with van der Waals surface area (Å²) in [6, 6.07) is 21.5. The standard InChI is InChI=1S/C21H16N4O3S/c26-18-12-17(25(21(28)24-18)15-7-2-1-3-8-15)23-19(27)13-29-20-11-10-14-6-4-5-9-16(14)22-20/h1-12H,13H2,(H,23,27)(H,24,26,28). The Balaban J connectivity index is 1.53. The number of rotatable bonds is 5. The maximum Gasteiger partial charge on any atom is 0.334 e. The predicted molar refractivity (Wildman–Crippen MR) is 114 cm³/mol. The number of nitrogens with zero attached hydrogens (tertiary/aromatic N) is 2. The molecule has 1 amide bonds. The first-order valence-electron chi connectivity index (χ1n) is 8.80. The highest BCUT2D eigenvalue weighted by Crippen LogP contribution is 2.20. The Morgan fingerprint density at radius 3 is 2.59 bits per heavy atom. The predicted octanol–water partition coefficient (Wildman–Crippen LogP) is 2.80. The van der Waals surface area contributed by atoms with Crippen molar-refractivity contribution in [1.29, 1.82) is 0 Å². The molecule has 0 saturated carbocycles. The third kappa shape index (κ3) is 4.27. The number of para-hydroxylation sites is 2. The minimum absolute atomic E-state index is 0.0844. The molecule has 0 fully saturated rings. The lowest BCUT2D eigenvalue weighted by Gasteiger charge is -2.12. The highest BCUT2D eigenvalue weighted by Gasteiger charge is 2.12. The number of aromatic amines is 1.